The predicted molar refractivity (Wildman–Crippen MR) is 181 cm³/mol. The van der Waals surface area contributed by atoms with Crippen molar-refractivity contribution < 1.29 is 18.3 Å². The summed E-state index contributed by atoms with van der Waals surface area (Å²) >= 11 is 3.55. The summed E-state index contributed by atoms with van der Waals surface area (Å²) in [5.74, 6) is 0.00846. The fourth-order valence-electron chi connectivity index (χ4n) is 4.96. The molecule has 1 aromatic carbocycles. The van der Waals surface area contributed by atoms with Gasteiger partial charge in [0.15, 0.2) is 5.82 Å². The van der Waals surface area contributed by atoms with Crippen LogP contribution in [0, 0.1) is 5.82 Å². The predicted octanol–water partition coefficient (Wildman–Crippen LogP) is 8.08. The fraction of sp³-hybridized carbons (Fsp3) is 0.531. The van der Waals surface area contributed by atoms with Crippen molar-refractivity contribution in [3.8, 4) is 5.75 Å². The van der Waals surface area contributed by atoms with Gasteiger partial charge in [0.2, 0.25) is 0 Å². The Labute approximate surface area is 269 Å². The number of aromatic nitrogens is 2. The molecule has 1 aliphatic rings. The van der Waals surface area contributed by atoms with Gasteiger partial charge in [-0.1, -0.05) is 27.7 Å². The highest BCUT2D eigenvalue weighted by Gasteiger charge is 2.39. The van der Waals surface area contributed by atoms with Crippen molar-refractivity contribution in [3.05, 3.63) is 52.0 Å². The Morgan fingerprint density at radius 1 is 1.18 bits per heavy atom. The number of alkyl carbamates (subject to hydrolysis) is 1. The standard InChI is InChI=1S/C32H46BrFN6O3Si/c1-10-19-13-27(43-44(8,9)32(5,6)7)24(34)16-25(19)39-29(35)23-17-36-40-18-20(33)14-26(40)28(23)37-21-11-12-22(15-21)38-30(41)42-31(2,3)4/h13-14,16-18,21-22,37H,10-12,15H2,1-9H3,(H2,35,39)(H,38,41)/t21-,22+/m1/s1. The Bertz CT molecular complexity index is 1560. The van der Waals surface area contributed by atoms with Crippen LogP contribution in [0.15, 0.2) is 40.1 Å². The van der Waals surface area contributed by atoms with Gasteiger partial charge in [0.1, 0.15) is 17.2 Å². The smallest absolute Gasteiger partial charge is 0.407 e. The van der Waals surface area contributed by atoms with Crippen molar-refractivity contribution in [2.24, 2.45) is 10.7 Å². The third-order valence-electron chi connectivity index (χ3n) is 8.31. The molecule has 0 bridgehead atoms. The number of anilines is 1. The molecular formula is C32H46BrFN6O3Si. The minimum Gasteiger partial charge on any atom is -0.542 e. The van der Waals surface area contributed by atoms with E-state index in [0.29, 0.717) is 24.1 Å². The first-order valence-electron chi connectivity index (χ1n) is 15.2. The van der Waals surface area contributed by atoms with Gasteiger partial charge in [-0.3, -0.25) is 0 Å². The molecule has 1 saturated carbocycles. The molecular weight excluding hydrogens is 643 g/mol. The Balaban J connectivity index is 1.64. The van der Waals surface area contributed by atoms with Crippen LogP contribution in [0.2, 0.25) is 18.1 Å². The Kier molecular flexibility index (Phi) is 9.75. The molecule has 1 aliphatic carbocycles. The number of nitrogens with two attached hydrogens (primary N) is 1. The topological polar surface area (TPSA) is 115 Å². The number of rotatable bonds is 8. The summed E-state index contributed by atoms with van der Waals surface area (Å²) in [4.78, 5) is 17.1. The van der Waals surface area contributed by atoms with Crippen LogP contribution in [0.3, 0.4) is 0 Å². The SMILES string of the molecule is CCc1cc(O[Si](C)(C)C(C)(C)C)c(F)cc1N=C(N)c1cnn2cc(Br)cc2c1N[C@@H]1CC[C@H](NC(=O)OC(C)(C)C)C1. The molecule has 44 heavy (non-hydrogen) atoms. The van der Waals surface area contributed by atoms with Crippen LogP contribution < -0.4 is 20.8 Å². The molecule has 9 nitrogen and oxygen atoms in total. The highest BCUT2D eigenvalue weighted by molar-refractivity contribution is 9.10. The number of carbonyl (C=O) groups is 1. The molecule has 0 aliphatic heterocycles. The van der Waals surface area contributed by atoms with Crippen LogP contribution in [-0.2, 0) is 11.2 Å². The van der Waals surface area contributed by atoms with Crippen LogP contribution in [0.25, 0.3) is 5.52 Å². The Morgan fingerprint density at radius 3 is 2.50 bits per heavy atom. The number of halogens is 2. The van der Waals surface area contributed by atoms with Crippen molar-refractivity contribution in [2.75, 3.05) is 5.32 Å². The number of hydrogen-bond acceptors (Lipinski definition) is 6. The van der Waals surface area contributed by atoms with E-state index < -0.39 is 25.8 Å². The molecule has 4 N–H and O–H groups in total. The van der Waals surface area contributed by atoms with Crippen LogP contribution in [0.5, 0.6) is 5.75 Å². The first kappa shape index (κ1) is 33.8. The number of benzene rings is 1. The van der Waals surface area contributed by atoms with E-state index in [1.54, 1.807) is 16.8 Å². The normalized spacial score (nSPS) is 18.0. The van der Waals surface area contributed by atoms with Crippen LogP contribution in [-0.4, -0.2) is 47.5 Å². The minimum atomic E-state index is -2.24. The number of amides is 1. The lowest BCUT2D eigenvalue weighted by Crippen LogP contribution is -2.44. The maximum Gasteiger partial charge on any atom is 0.407 e. The van der Waals surface area contributed by atoms with Gasteiger partial charge in [-0.15, -0.1) is 0 Å². The zero-order chi connectivity index (χ0) is 32.6. The van der Waals surface area contributed by atoms with Crippen molar-refractivity contribution >= 4 is 53.1 Å². The lowest BCUT2D eigenvalue weighted by atomic mass is 10.1. The molecule has 2 atom stereocenters. The molecule has 2 heterocycles. The van der Waals surface area contributed by atoms with Crippen LogP contribution in [0.4, 0.5) is 20.6 Å². The Morgan fingerprint density at radius 2 is 1.86 bits per heavy atom. The van der Waals surface area contributed by atoms with E-state index in [9.17, 15) is 4.79 Å². The molecule has 0 unspecified atom stereocenters. The monoisotopic (exact) mass is 688 g/mol. The third kappa shape index (κ3) is 7.93. The van der Waals surface area contributed by atoms with Gasteiger partial charge in [0, 0.05) is 28.8 Å². The van der Waals surface area contributed by atoms with E-state index in [4.69, 9.17) is 19.9 Å². The zero-order valence-corrected chi connectivity index (χ0v) is 29.9. The van der Waals surface area contributed by atoms with Crippen molar-refractivity contribution in [1.29, 1.82) is 0 Å². The number of nitrogens with one attached hydrogen (secondary N) is 2. The van der Waals surface area contributed by atoms with E-state index in [1.165, 1.54) is 6.07 Å². The van der Waals surface area contributed by atoms with Gasteiger partial charge in [-0.25, -0.2) is 18.7 Å². The highest BCUT2D eigenvalue weighted by atomic mass is 79.9. The summed E-state index contributed by atoms with van der Waals surface area (Å²) in [6.07, 6.45) is 6.11. The molecule has 0 radical (unpaired) electrons. The first-order valence-corrected chi connectivity index (χ1v) is 18.9. The molecule has 1 amide bonds. The summed E-state index contributed by atoms with van der Waals surface area (Å²) < 4.78 is 29.8. The summed E-state index contributed by atoms with van der Waals surface area (Å²) in [7, 11) is -2.24. The second kappa shape index (κ2) is 12.7. The van der Waals surface area contributed by atoms with Crippen LogP contribution >= 0.6 is 15.9 Å². The third-order valence-corrected chi connectivity index (χ3v) is 13.1. The summed E-state index contributed by atoms with van der Waals surface area (Å²) in [5.41, 5.74) is 9.57. The zero-order valence-electron chi connectivity index (χ0n) is 27.3. The van der Waals surface area contributed by atoms with E-state index in [0.717, 1.165) is 34.1 Å². The average molecular weight is 690 g/mol. The number of ether oxygens (including phenoxy) is 1. The van der Waals surface area contributed by atoms with Gasteiger partial charge in [-0.2, -0.15) is 5.10 Å². The number of amidine groups is 1. The summed E-state index contributed by atoms with van der Waals surface area (Å²) in [6, 6.07) is 5.17. The molecule has 1 fully saturated rings. The molecule has 240 valence electrons. The second-order valence-corrected chi connectivity index (χ2v) is 19.7. The number of carbonyl (C=O) groups excluding carboxylic acids is 1. The lowest BCUT2D eigenvalue weighted by Gasteiger charge is -2.36. The molecule has 2 aromatic heterocycles. The quantitative estimate of drug-likeness (QED) is 0.125. The highest BCUT2D eigenvalue weighted by Crippen LogP contribution is 2.39. The average Bonchev–Trinajstić information content (AvgIpc) is 3.49. The fourth-order valence-corrected chi connectivity index (χ4v) is 6.38. The van der Waals surface area contributed by atoms with Gasteiger partial charge in [0.05, 0.1) is 28.7 Å². The molecule has 3 aromatic rings. The number of aliphatic imine (C=N–C) groups is 1. The van der Waals surface area contributed by atoms with Gasteiger partial charge in [0.25, 0.3) is 8.32 Å². The van der Waals surface area contributed by atoms with Gasteiger partial charge < -0.3 is 25.5 Å². The Hall–Kier alpha value is -3.12. The number of nitrogens with zero attached hydrogens (tertiary/aromatic N) is 3. The van der Waals surface area contributed by atoms with E-state index in [-0.39, 0.29) is 28.7 Å². The molecule has 0 saturated heterocycles. The maximum atomic E-state index is 15.4. The number of aryl methyl sites for hydroxylation is 1. The second-order valence-electron chi connectivity index (χ2n) is 14.0. The van der Waals surface area contributed by atoms with Crippen molar-refractivity contribution in [3.63, 3.8) is 0 Å². The largest absolute Gasteiger partial charge is 0.542 e. The van der Waals surface area contributed by atoms with E-state index >= 15 is 4.39 Å². The van der Waals surface area contributed by atoms with Crippen LogP contribution in [0.1, 0.15) is 78.9 Å². The summed E-state index contributed by atoms with van der Waals surface area (Å²) in [6.45, 7) is 18.1. The first-order chi connectivity index (χ1) is 20.4. The molecule has 4 rings (SSSR count). The molecule has 12 heteroatoms. The number of hydrogen-bond donors (Lipinski definition) is 3. The number of fused-ring (bicyclic) bond motifs is 1. The minimum absolute atomic E-state index is 0.0182. The maximum absolute atomic E-state index is 15.4. The summed E-state index contributed by atoms with van der Waals surface area (Å²) in [5, 5.41) is 11.1. The lowest BCUT2D eigenvalue weighted by molar-refractivity contribution is 0.0505. The molecule has 0 spiro atoms. The van der Waals surface area contributed by atoms with Gasteiger partial charge >= 0.3 is 6.09 Å². The van der Waals surface area contributed by atoms with Crippen molar-refractivity contribution in [2.45, 2.75) is 110 Å². The van der Waals surface area contributed by atoms with Gasteiger partial charge in [-0.05, 0) is 98.2 Å². The van der Waals surface area contributed by atoms with E-state index in [2.05, 4.69) is 65.5 Å². The van der Waals surface area contributed by atoms with Crippen molar-refractivity contribution in [1.82, 2.24) is 14.9 Å². The van der Waals surface area contributed by atoms with E-state index in [1.807, 2.05) is 40.0 Å².